The number of amides is 1. The minimum Gasteiger partial charge on any atom is -0.334 e. The topological polar surface area (TPSA) is 38.1 Å². The largest absolute Gasteiger partial charge is 0.334 e. The molecule has 1 aliphatic heterocycles. The molecule has 14 heavy (non-hydrogen) atoms. The number of aryl methyl sites for hydroxylation is 1. The third-order valence-corrected chi connectivity index (χ3v) is 2.62. The number of hydrogen-bond acceptors (Lipinski definition) is 2. The fraction of sp³-hybridized carbons (Fsp3) is 0.556. The van der Waals surface area contributed by atoms with E-state index < -0.39 is 0 Å². The monoisotopic (exact) mass is 213 g/mol. The molecule has 0 spiro atoms. The summed E-state index contributed by atoms with van der Waals surface area (Å²) in [6.07, 6.45) is 0. The van der Waals surface area contributed by atoms with Crippen molar-refractivity contribution in [3.8, 4) is 0 Å². The molecule has 0 atom stereocenters. The molecule has 0 saturated carbocycles. The maximum absolute atomic E-state index is 11.3. The Morgan fingerprint density at radius 1 is 1.64 bits per heavy atom. The first-order valence-corrected chi connectivity index (χ1v) is 5.11. The molecule has 1 aliphatic rings. The van der Waals surface area contributed by atoms with Gasteiger partial charge in [0.1, 0.15) is 5.88 Å². The second-order valence-electron chi connectivity index (χ2n) is 3.45. The molecule has 1 aromatic heterocycles. The van der Waals surface area contributed by atoms with Crippen LogP contribution in [0.25, 0.3) is 0 Å². The molecule has 0 fully saturated rings. The summed E-state index contributed by atoms with van der Waals surface area (Å²) in [4.78, 5) is 13.1. The molecule has 4 nitrogen and oxygen atoms in total. The van der Waals surface area contributed by atoms with Crippen molar-refractivity contribution in [1.82, 2.24) is 14.7 Å². The van der Waals surface area contributed by atoms with E-state index in [1.807, 2.05) is 17.7 Å². The average molecular weight is 214 g/mol. The van der Waals surface area contributed by atoms with Crippen LogP contribution >= 0.6 is 11.6 Å². The molecular weight excluding hydrogens is 202 g/mol. The number of carbonyl (C=O) groups excluding carboxylic acids is 1. The Morgan fingerprint density at radius 2 is 2.43 bits per heavy atom. The summed E-state index contributed by atoms with van der Waals surface area (Å²) >= 11 is 5.50. The summed E-state index contributed by atoms with van der Waals surface area (Å²) in [5.74, 6) is 0.0596. The number of nitrogens with zero attached hydrogens (tertiary/aromatic N) is 3. The summed E-state index contributed by atoms with van der Waals surface area (Å²) in [7, 11) is 0. The second-order valence-corrected chi connectivity index (χ2v) is 3.72. The quantitative estimate of drug-likeness (QED) is 0.647. The highest BCUT2D eigenvalue weighted by Crippen LogP contribution is 2.13. The van der Waals surface area contributed by atoms with E-state index in [-0.39, 0.29) is 11.8 Å². The molecule has 1 aromatic rings. The Hall–Kier alpha value is -1.03. The lowest BCUT2D eigenvalue weighted by Gasteiger charge is -2.26. The molecule has 0 unspecified atom stereocenters. The van der Waals surface area contributed by atoms with Gasteiger partial charge in [0.05, 0.1) is 24.5 Å². The molecule has 76 valence electrons. The van der Waals surface area contributed by atoms with Crippen LogP contribution in [-0.4, -0.2) is 33.0 Å². The maximum Gasteiger partial charge on any atom is 0.237 e. The molecule has 0 bridgehead atoms. The van der Waals surface area contributed by atoms with Gasteiger partial charge in [0.2, 0.25) is 5.91 Å². The Morgan fingerprint density at radius 3 is 3.14 bits per heavy atom. The standard InChI is InChI=1S/C9H12ClN3O/c1-7-4-8-6-12(9(14)5-10)2-3-13(8)11-7/h4H,2-3,5-6H2,1H3. The van der Waals surface area contributed by atoms with Crippen LogP contribution in [0.15, 0.2) is 6.07 Å². The van der Waals surface area contributed by atoms with Gasteiger partial charge in [-0.25, -0.2) is 0 Å². The first-order valence-electron chi connectivity index (χ1n) is 4.58. The first kappa shape index (κ1) is 9.52. The Kier molecular flexibility index (Phi) is 2.46. The van der Waals surface area contributed by atoms with E-state index >= 15 is 0 Å². The number of halogens is 1. The van der Waals surface area contributed by atoms with E-state index in [9.17, 15) is 4.79 Å². The number of carbonyl (C=O) groups is 1. The van der Waals surface area contributed by atoms with Crippen molar-refractivity contribution < 1.29 is 4.79 Å². The van der Waals surface area contributed by atoms with Crippen LogP contribution in [0.4, 0.5) is 0 Å². The molecular formula is C9H12ClN3O. The Labute approximate surface area is 87.4 Å². The van der Waals surface area contributed by atoms with Crippen molar-refractivity contribution in [3.63, 3.8) is 0 Å². The van der Waals surface area contributed by atoms with Gasteiger partial charge in [-0.1, -0.05) is 0 Å². The van der Waals surface area contributed by atoms with Gasteiger partial charge in [0.15, 0.2) is 0 Å². The SMILES string of the molecule is Cc1cc2n(n1)CCN(C(=O)CCl)C2. The van der Waals surface area contributed by atoms with Crippen LogP contribution in [-0.2, 0) is 17.9 Å². The van der Waals surface area contributed by atoms with Crippen molar-refractivity contribution in [2.75, 3.05) is 12.4 Å². The van der Waals surface area contributed by atoms with E-state index in [0.717, 1.165) is 17.9 Å². The average Bonchev–Trinajstić information content (AvgIpc) is 2.55. The van der Waals surface area contributed by atoms with Gasteiger partial charge in [-0.2, -0.15) is 5.10 Å². The zero-order valence-corrected chi connectivity index (χ0v) is 8.79. The lowest BCUT2D eigenvalue weighted by Crippen LogP contribution is -2.39. The van der Waals surface area contributed by atoms with Gasteiger partial charge in [-0.15, -0.1) is 11.6 Å². The van der Waals surface area contributed by atoms with Crippen molar-refractivity contribution >= 4 is 17.5 Å². The number of hydrogen-bond donors (Lipinski definition) is 0. The van der Waals surface area contributed by atoms with Gasteiger partial charge >= 0.3 is 0 Å². The van der Waals surface area contributed by atoms with E-state index in [1.165, 1.54) is 0 Å². The summed E-state index contributed by atoms with van der Waals surface area (Å²) in [5.41, 5.74) is 2.09. The highest BCUT2D eigenvalue weighted by molar-refractivity contribution is 6.27. The summed E-state index contributed by atoms with van der Waals surface area (Å²) in [6, 6.07) is 2.01. The molecule has 0 aromatic carbocycles. The normalized spacial score (nSPS) is 15.4. The van der Waals surface area contributed by atoms with Crippen molar-refractivity contribution in [2.24, 2.45) is 0 Å². The van der Waals surface area contributed by atoms with E-state index in [4.69, 9.17) is 11.6 Å². The molecule has 2 rings (SSSR count). The summed E-state index contributed by atoms with van der Waals surface area (Å²) < 4.78 is 1.95. The zero-order chi connectivity index (χ0) is 10.1. The Bertz CT molecular complexity index is 361. The molecule has 1 amide bonds. The smallest absolute Gasteiger partial charge is 0.237 e. The first-order chi connectivity index (χ1) is 6.70. The number of alkyl halides is 1. The fourth-order valence-corrected chi connectivity index (χ4v) is 1.88. The molecule has 0 radical (unpaired) electrons. The molecule has 0 N–H and O–H groups in total. The third-order valence-electron chi connectivity index (χ3n) is 2.39. The summed E-state index contributed by atoms with van der Waals surface area (Å²) in [6.45, 7) is 4.07. The van der Waals surface area contributed by atoms with Crippen molar-refractivity contribution in [1.29, 1.82) is 0 Å². The van der Waals surface area contributed by atoms with E-state index in [1.54, 1.807) is 4.90 Å². The molecule has 2 heterocycles. The number of rotatable bonds is 1. The number of aromatic nitrogens is 2. The van der Waals surface area contributed by atoms with Gasteiger partial charge in [0.25, 0.3) is 0 Å². The molecule has 0 aliphatic carbocycles. The van der Waals surface area contributed by atoms with Gasteiger partial charge < -0.3 is 4.90 Å². The summed E-state index contributed by atoms with van der Waals surface area (Å²) in [5, 5.41) is 4.32. The van der Waals surface area contributed by atoms with Crippen molar-refractivity contribution in [2.45, 2.75) is 20.0 Å². The third kappa shape index (κ3) is 1.62. The lowest BCUT2D eigenvalue weighted by atomic mass is 10.3. The van der Waals surface area contributed by atoms with Crippen molar-refractivity contribution in [3.05, 3.63) is 17.5 Å². The van der Waals surface area contributed by atoms with Crippen LogP contribution in [0, 0.1) is 6.92 Å². The number of fused-ring (bicyclic) bond motifs is 1. The predicted octanol–water partition coefficient (Wildman–Crippen LogP) is 0.773. The minimum absolute atomic E-state index is 0.00299. The maximum atomic E-state index is 11.3. The van der Waals surface area contributed by atoms with Crippen LogP contribution in [0.3, 0.4) is 0 Å². The van der Waals surface area contributed by atoms with E-state index in [0.29, 0.717) is 13.1 Å². The van der Waals surface area contributed by atoms with Crippen LogP contribution in [0.2, 0.25) is 0 Å². The fourth-order valence-electron chi connectivity index (χ4n) is 1.71. The van der Waals surface area contributed by atoms with Gasteiger partial charge in [-0.3, -0.25) is 9.48 Å². The van der Waals surface area contributed by atoms with Crippen LogP contribution < -0.4 is 0 Å². The van der Waals surface area contributed by atoms with Crippen LogP contribution in [0.5, 0.6) is 0 Å². The van der Waals surface area contributed by atoms with Gasteiger partial charge in [-0.05, 0) is 13.0 Å². The molecule has 5 heteroatoms. The zero-order valence-electron chi connectivity index (χ0n) is 8.03. The van der Waals surface area contributed by atoms with Gasteiger partial charge in [0, 0.05) is 6.54 Å². The Balaban J connectivity index is 2.16. The highest BCUT2D eigenvalue weighted by atomic mass is 35.5. The van der Waals surface area contributed by atoms with Crippen LogP contribution in [0.1, 0.15) is 11.4 Å². The minimum atomic E-state index is -0.00299. The molecule has 0 saturated heterocycles. The lowest BCUT2D eigenvalue weighted by molar-refractivity contribution is -0.129. The predicted molar refractivity (Wildman–Crippen MR) is 53.1 cm³/mol. The highest BCUT2D eigenvalue weighted by Gasteiger charge is 2.20. The second kappa shape index (κ2) is 3.61. The van der Waals surface area contributed by atoms with E-state index in [2.05, 4.69) is 5.10 Å².